The number of aryl methyl sites for hydroxylation is 1. The third-order valence-corrected chi connectivity index (χ3v) is 4.06. The van der Waals surface area contributed by atoms with Crippen molar-refractivity contribution in [2.75, 3.05) is 0 Å². The number of hydrogen-bond acceptors (Lipinski definition) is 5. The van der Waals surface area contributed by atoms with Gasteiger partial charge in [0.25, 0.3) is 0 Å². The van der Waals surface area contributed by atoms with Crippen LogP contribution in [0, 0.1) is 5.92 Å². The van der Waals surface area contributed by atoms with Crippen molar-refractivity contribution >= 4 is 33.2 Å². The van der Waals surface area contributed by atoms with Gasteiger partial charge in [-0.2, -0.15) is 0 Å². The maximum Gasteiger partial charge on any atom is 0.306 e. The van der Waals surface area contributed by atoms with Crippen LogP contribution in [0.15, 0.2) is 15.2 Å². The molecule has 0 saturated carbocycles. The second-order valence-electron chi connectivity index (χ2n) is 3.89. The third kappa shape index (κ3) is 2.94. The van der Waals surface area contributed by atoms with Crippen LogP contribution in [0.5, 0.6) is 0 Å². The SMILES string of the molecule is CC(CCn1nnnc1-c1csc(Br)c1)C(=O)O. The number of nitrogens with zero attached hydrogens (tertiary/aromatic N) is 4. The summed E-state index contributed by atoms with van der Waals surface area (Å²) in [5, 5.41) is 22.3. The second kappa shape index (κ2) is 5.57. The zero-order chi connectivity index (χ0) is 13.1. The fourth-order valence-electron chi connectivity index (χ4n) is 1.43. The molecule has 2 rings (SSSR count). The van der Waals surface area contributed by atoms with E-state index in [2.05, 4.69) is 31.5 Å². The van der Waals surface area contributed by atoms with Gasteiger partial charge in [-0.25, -0.2) is 4.68 Å². The van der Waals surface area contributed by atoms with E-state index in [0.29, 0.717) is 18.8 Å². The molecule has 1 unspecified atom stereocenters. The van der Waals surface area contributed by atoms with Gasteiger partial charge >= 0.3 is 5.97 Å². The predicted molar refractivity (Wildman–Crippen MR) is 70.2 cm³/mol. The lowest BCUT2D eigenvalue weighted by Gasteiger charge is -2.06. The Balaban J connectivity index is 2.11. The number of aromatic nitrogens is 4. The van der Waals surface area contributed by atoms with Gasteiger partial charge in [0.15, 0.2) is 5.82 Å². The van der Waals surface area contributed by atoms with Gasteiger partial charge in [-0.05, 0) is 38.8 Å². The first-order valence-electron chi connectivity index (χ1n) is 5.31. The zero-order valence-corrected chi connectivity index (χ0v) is 12.0. The Morgan fingerprint density at radius 3 is 3.06 bits per heavy atom. The van der Waals surface area contributed by atoms with Crippen LogP contribution in [0.3, 0.4) is 0 Å². The average Bonchev–Trinajstić information content (AvgIpc) is 2.93. The van der Waals surface area contributed by atoms with Gasteiger partial charge in [-0.15, -0.1) is 16.4 Å². The van der Waals surface area contributed by atoms with E-state index in [4.69, 9.17) is 5.11 Å². The van der Waals surface area contributed by atoms with Crippen LogP contribution in [-0.2, 0) is 11.3 Å². The lowest BCUT2D eigenvalue weighted by molar-refractivity contribution is -0.141. The third-order valence-electron chi connectivity index (χ3n) is 2.55. The van der Waals surface area contributed by atoms with Crippen molar-refractivity contribution in [2.24, 2.45) is 5.92 Å². The van der Waals surface area contributed by atoms with E-state index in [-0.39, 0.29) is 0 Å². The normalized spacial score (nSPS) is 12.6. The molecule has 0 fully saturated rings. The lowest BCUT2D eigenvalue weighted by atomic mass is 10.1. The molecule has 2 heterocycles. The van der Waals surface area contributed by atoms with Crippen molar-refractivity contribution in [1.82, 2.24) is 20.2 Å². The Morgan fingerprint density at radius 1 is 1.67 bits per heavy atom. The van der Waals surface area contributed by atoms with Crippen molar-refractivity contribution in [3.05, 3.63) is 15.2 Å². The maximum absolute atomic E-state index is 10.8. The fourth-order valence-corrected chi connectivity index (χ4v) is 2.56. The van der Waals surface area contributed by atoms with Crippen molar-refractivity contribution in [3.63, 3.8) is 0 Å². The summed E-state index contributed by atoms with van der Waals surface area (Å²) >= 11 is 4.94. The second-order valence-corrected chi connectivity index (χ2v) is 6.18. The molecule has 0 aliphatic heterocycles. The van der Waals surface area contributed by atoms with E-state index in [0.717, 1.165) is 9.35 Å². The predicted octanol–water partition coefficient (Wildman–Crippen LogP) is 2.27. The Kier molecular flexibility index (Phi) is 4.07. The highest BCUT2D eigenvalue weighted by Crippen LogP contribution is 2.27. The molecule has 0 aromatic carbocycles. The van der Waals surface area contributed by atoms with Gasteiger partial charge in [0.2, 0.25) is 0 Å². The van der Waals surface area contributed by atoms with Gasteiger partial charge in [0.1, 0.15) is 0 Å². The lowest BCUT2D eigenvalue weighted by Crippen LogP contribution is -2.13. The molecular formula is C10H11BrN4O2S. The molecule has 0 aliphatic carbocycles. The standard InChI is InChI=1S/C10H11BrN4O2S/c1-6(10(16)17)2-3-15-9(12-13-14-15)7-4-8(11)18-5-7/h4-6H,2-3H2,1H3,(H,16,17). The molecule has 0 saturated heterocycles. The molecule has 96 valence electrons. The summed E-state index contributed by atoms with van der Waals surface area (Å²) in [5.41, 5.74) is 0.930. The Hall–Kier alpha value is -1.28. The number of carboxylic acid groups (broad SMARTS) is 1. The minimum absolute atomic E-state index is 0.406. The molecule has 2 aromatic heterocycles. The quantitative estimate of drug-likeness (QED) is 0.909. The number of aliphatic carboxylic acids is 1. The van der Waals surface area contributed by atoms with Crippen LogP contribution >= 0.6 is 27.3 Å². The number of carboxylic acids is 1. The average molecular weight is 331 g/mol. The first kappa shape index (κ1) is 13.2. The van der Waals surface area contributed by atoms with E-state index in [1.165, 1.54) is 0 Å². The topological polar surface area (TPSA) is 80.9 Å². The Labute approximate surface area is 116 Å². The summed E-state index contributed by atoms with van der Waals surface area (Å²) < 4.78 is 2.64. The smallest absolute Gasteiger partial charge is 0.306 e. The molecule has 1 N–H and O–H groups in total. The first-order valence-corrected chi connectivity index (χ1v) is 6.98. The number of tetrazole rings is 1. The van der Waals surface area contributed by atoms with Crippen molar-refractivity contribution < 1.29 is 9.90 Å². The van der Waals surface area contributed by atoms with Gasteiger partial charge in [0.05, 0.1) is 9.70 Å². The van der Waals surface area contributed by atoms with E-state index < -0.39 is 11.9 Å². The molecular weight excluding hydrogens is 320 g/mol. The number of halogens is 1. The molecule has 0 amide bonds. The Morgan fingerprint density at radius 2 is 2.44 bits per heavy atom. The number of rotatable bonds is 5. The zero-order valence-electron chi connectivity index (χ0n) is 9.58. The summed E-state index contributed by atoms with van der Waals surface area (Å²) in [4.78, 5) is 10.8. The largest absolute Gasteiger partial charge is 0.481 e. The van der Waals surface area contributed by atoms with Crippen LogP contribution in [0.4, 0.5) is 0 Å². The molecule has 0 bridgehead atoms. The summed E-state index contributed by atoms with van der Waals surface area (Å²) in [7, 11) is 0. The van der Waals surface area contributed by atoms with Crippen LogP contribution < -0.4 is 0 Å². The van der Waals surface area contributed by atoms with E-state index in [1.54, 1.807) is 22.9 Å². The number of carbonyl (C=O) groups is 1. The molecule has 2 aromatic rings. The minimum Gasteiger partial charge on any atom is -0.481 e. The van der Waals surface area contributed by atoms with Gasteiger partial charge in [-0.3, -0.25) is 4.79 Å². The van der Waals surface area contributed by atoms with Crippen molar-refractivity contribution in [1.29, 1.82) is 0 Å². The van der Waals surface area contributed by atoms with E-state index in [9.17, 15) is 4.79 Å². The molecule has 6 nitrogen and oxygen atoms in total. The summed E-state index contributed by atoms with van der Waals surface area (Å²) in [6, 6.07) is 1.94. The van der Waals surface area contributed by atoms with E-state index >= 15 is 0 Å². The van der Waals surface area contributed by atoms with Crippen molar-refractivity contribution in [2.45, 2.75) is 19.9 Å². The van der Waals surface area contributed by atoms with Gasteiger partial charge < -0.3 is 5.11 Å². The highest BCUT2D eigenvalue weighted by atomic mass is 79.9. The number of thiophene rings is 1. The molecule has 0 spiro atoms. The summed E-state index contributed by atoms with van der Waals surface area (Å²) in [6.45, 7) is 2.16. The van der Waals surface area contributed by atoms with Gasteiger partial charge in [0, 0.05) is 17.5 Å². The fraction of sp³-hybridized carbons (Fsp3) is 0.400. The Bertz CT molecular complexity index is 554. The van der Waals surface area contributed by atoms with Crippen LogP contribution in [0.2, 0.25) is 0 Å². The van der Waals surface area contributed by atoms with Crippen LogP contribution in [-0.4, -0.2) is 31.3 Å². The molecule has 18 heavy (non-hydrogen) atoms. The first-order chi connectivity index (χ1) is 8.58. The van der Waals surface area contributed by atoms with Crippen molar-refractivity contribution in [3.8, 4) is 11.4 Å². The maximum atomic E-state index is 10.8. The molecule has 8 heteroatoms. The highest BCUT2D eigenvalue weighted by molar-refractivity contribution is 9.11. The summed E-state index contributed by atoms with van der Waals surface area (Å²) in [5.74, 6) is -0.547. The van der Waals surface area contributed by atoms with E-state index in [1.807, 2.05) is 11.4 Å². The molecule has 0 aliphatic rings. The summed E-state index contributed by atoms with van der Waals surface area (Å²) in [6.07, 6.45) is 0.499. The monoisotopic (exact) mass is 330 g/mol. The number of hydrogen-bond donors (Lipinski definition) is 1. The molecule has 0 radical (unpaired) electrons. The minimum atomic E-state index is -0.803. The highest BCUT2D eigenvalue weighted by Gasteiger charge is 2.14. The van der Waals surface area contributed by atoms with Crippen LogP contribution in [0.25, 0.3) is 11.4 Å². The van der Waals surface area contributed by atoms with Gasteiger partial charge in [-0.1, -0.05) is 6.92 Å². The van der Waals surface area contributed by atoms with Crippen LogP contribution in [0.1, 0.15) is 13.3 Å². The molecule has 1 atom stereocenters.